The summed E-state index contributed by atoms with van der Waals surface area (Å²) in [5.74, 6) is -1.29. The lowest BCUT2D eigenvalue weighted by molar-refractivity contribution is -0.149. The average molecular weight is 377 g/mol. The number of hydrogen-bond acceptors (Lipinski definition) is 7. The quantitative estimate of drug-likeness (QED) is 0.497. The van der Waals surface area contributed by atoms with Crippen LogP contribution in [-0.4, -0.2) is 38.9 Å². The first kappa shape index (κ1) is 17.6. The summed E-state index contributed by atoms with van der Waals surface area (Å²) in [5, 5.41) is 3.84. The van der Waals surface area contributed by atoms with E-state index in [4.69, 9.17) is 9.26 Å². The van der Waals surface area contributed by atoms with Gasteiger partial charge < -0.3 is 9.26 Å². The molecule has 0 aliphatic carbocycles. The molecule has 28 heavy (non-hydrogen) atoms. The topological polar surface area (TPSA) is 103 Å². The number of carbonyl (C=O) groups is 3. The van der Waals surface area contributed by atoms with Gasteiger partial charge in [0.05, 0.1) is 11.1 Å². The number of benzene rings is 2. The second kappa shape index (κ2) is 7.07. The van der Waals surface area contributed by atoms with Crippen LogP contribution in [0.2, 0.25) is 0 Å². The zero-order chi connectivity index (χ0) is 19.7. The molecule has 2 aromatic carbocycles. The Kier molecular flexibility index (Phi) is 4.44. The Morgan fingerprint density at radius 2 is 1.64 bits per heavy atom. The Morgan fingerprint density at radius 1 is 1.04 bits per heavy atom. The fourth-order valence-electron chi connectivity index (χ4n) is 2.94. The minimum atomic E-state index is -1.08. The van der Waals surface area contributed by atoms with Gasteiger partial charge in [0.15, 0.2) is 6.61 Å². The predicted molar refractivity (Wildman–Crippen MR) is 95.9 cm³/mol. The number of nitrogens with zero attached hydrogens (tertiary/aromatic N) is 3. The second-order valence-electron chi connectivity index (χ2n) is 6.19. The summed E-state index contributed by atoms with van der Waals surface area (Å²) in [5.41, 5.74) is 1.32. The smallest absolute Gasteiger partial charge is 0.329 e. The van der Waals surface area contributed by atoms with Crippen LogP contribution in [0.1, 0.15) is 33.5 Å². The highest BCUT2D eigenvalue weighted by molar-refractivity contribution is 6.22. The fraction of sp³-hybridized carbons (Fsp3) is 0.150. The van der Waals surface area contributed by atoms with E-state index in [0.29, 0.717) is 5.82 Å². The number of fused-ring (bicyclic) bond motifs is 1. The molecule has 0 saturated carbocycles. The van der Waals surface area contributed by atoms with Gasteiger partial charge in [0.1, 0.15) is 6.04 Å². The van der Waals surface area contributed by atoms with Crippen molar-refractivity contribution in [2.24, 2.45) is 0 Å². The first-order chi connectivity index (χ1) is 13.6. The molecule has 3 aromatic rings. The molecule has 0 N–H and O–H groups in total. The molecule has 4 rings (SSSR count). The van der Waals surface area contributed by atoms with E-state index >= 15 is 0 Å². The molecule has 140 valence electrons. The van der Waals surface area contributed by atoms with Crippen LogP contribution in [-0.2, 0) is 16.1 Å². The number of carbonyl (C=O) groups excluding carboxylic acids is 3. The van der Waals surface area contributed by atoms with Crippen molar-refractivity contribution < 1.29 is 23.6 Å². The van der Waals surface area contributed by atoms with Crippen molar-refractivity contribution >= 4 is 17.8 Å². The molecule has 1 aliphatic rings. The zero-order valence-corrected chi connectivity index (χ0v) is 14.9. The normalized spacial score (nSPS) is 14.1. The molecule has 1 aromatic heterocycles. The summed E-state index contributed by atoms with van der Waals surface area (Å²) in [6.07, 6.45) is 0. The third-order valence-corrected chi connectivity index (χ3v) is 4.39. The maximum atomic E-state index is 12.4. The summed E-state index contributed by atoms with van der Waals surface area (Å²) >= 11 is 0. The molecule has 0 spiro atoms. The number of amides is 2. The van der Waals surface area contributed by atoms with Crippen molar-refractivity contribution in [1.82, 2.24) is 15.0 Å². The number of imide groups is 1. The zero-order valence-electron chi connectivity index (χ0n) is 14.9. The van der Waals surface area contributed by atoms with Crippen molar-refractivity contribution in [3.8, 4) is 11.4 Å². The highest BCUT2D eigenvalue weighted by Crippen LogP contribution is 2.25. The second-order valence-corrected chi connectivity index (χ2v) is 6.19. The van der Waals surface area contributed by atoms with E-state index in [0.717, 1.165) is 10.5 Å². The number of ether oxygens (including phenoxy) is 1. The van der Waals surface area contributed by atoms with Crippen LogP contribution >= 0.6 is 0 Å². The largest absolute Gasteiger partial charge is 0.454 e. The van der Waals surface area contributed by atoms with E-state index in [-0.39, 0.29) is 23.6 Å². The van der Waals surface area contributed by atoms with Crippen LogP contribution in [0.5, 0.6) is 0 Å². The summed E-state index contributed by atoms with van der Waals surface area (Å²) in [7, 11) is 0. The van der Waals surface area contributed by atoms with Gasteiger partial charge in [-0.05, 0) is 19.1 Å². The van der Waals surface area contributed by atoms with Crippen LogP contribution in [0.3, 0.4) is 0 Å². The molecule has 0 fully saturated rings. The average Bonchev–Trinajstić information content (AvgIpc) is 3.30. The van der Waals surface area contributed by atoms with E-state index in [2.05, 4.69) is 10.1 Å². The molecule has 1 atom stereocenters. The Balaban J connectivity index is 1.42. The van der Waals surface area contributed by atoms with Crippen molar-refractivity contribution in [2.45, 2.75) is 19.6 Å². The van der Waals surface area contributed by atoms with E-state index in [9.17, 15) is 14.4 Å². The molecule has 8 heteroatoms. The summed E-state index contributed by atoms with van der Waals surface area (Å²) in [6.45, 7) is 1.18. The van der Waals surface area contributed by atoms with Crippen molar-refractivity contribution in [3.05, 3.63) is 71.6 Å². The molecule has 0 saturated heterocycles. The number of aromatic nitrogens is 2. The molecule has 0 unspecified atom stereocenters. The third-order valence-electron chi connectivity index (χ3n) is 4.39. The van der Waals surface area contributed by atoms with Crippen molar-refractivity contribution in [2.75, 3.05) is 0 Å². The molecular formula is C20H15N3O5. The Labute approximate surface area is 159 Å². The highest BCUT2D eigenvalue weighted by Gasteiger charge is 2.41. The van der Waals surface area contributed by atoms with Gasteiger partial charge in [0.2, 0.25) is 5.82 Å². The third kappa shape index (κ3) is 3.05. The van der Waals surface area contributed by atoms with E-state index in [1.165, 1.54) is 6.92 Å². The van der Waals surface area contributed by atoms with Gasteiger partial charge in [-0.15, -0.1) is 0 Å². The van der Waals surface area contributed by atoms with Crippen molar-refractivity contribution in [1.29, 1.82) is 0 Å². The highest BCUT2D eigenvalue weighted by atomic mass is 16.6. The Hall–Kier alpha value is -3.81. The van der Waals surface area contributed by atoms with Crippen LogP contribution in [0, 0.1) is 0 Å². The number of esters is 1. The van der Waals surface area contributed by atoms with Crippen LogP contribution in [0.15, 0.2) is 59.1 Å². The standard InChI is InChI=1S/C20H15N3O5/c1-12(23-18(24)14-9-5-6-10-15(14)19(23)25)20(26)27-11-16-21-17(22-28-16)13-7-3-2-4-8-13/h2-10,12H,11H2,1H3/t12-/m0/s1. The summed E-state index contributed by atoms with van der Waals surface area (Å²) < 4.78 is 10.2. The van der Waals surface area contributed by atoms with Crippen LogP contribution in [0.4, 0.5) is 0 Å². The minimum Gasteiger partial charge on any atom is -0.454 e. The number of hydrogen-bond donors (Lipinski definition) is 0. The monoisotopic (exact) mass is 377 g/mol. The van der Waals surface area contributed by atoms with Gasteiger partial charge in [0.25, 0.3) is 17.7 Å². The maximum Gasteiger partial charge on any atom is 0.329 e. The first-order valence-electron chi connectivity index (χ1n) is 8.58. The van der Waals surface area contributed by atoms with Gasteiger partial charge in [-0.3, -0.25) is 14.5 Å². The lowest BCUT2D eigenvalue weighted by Gasteiger charge is -2.20. The van der Waals surface area contributed by atoms with E-state index in [1.807, 2.05) is 30.3 Å². The lowest BCUT2D eigenvalue weighted by Crippen LogP contribution is -2.43. The number of rotatable bonds is 5. The predicted octanol–water partition coefficient (Wildman–Crippen LogP) is 2.46. The van der Waals surface area contributed by atoms with E-state index < -0.39 is 23.8 Å². The van der Waals surface area contributed by atoms with Gasteiger partial charge in [-0.25, -0.2) is 4.79 Å². The van der Waals surface area contributed by atoms with Crippen LogP contribution in [0.25, 0.3) is 11.4 Å². The summed E-state index contributed by atoms with van der Waals surface area (Å²) in [4.78, 5) is 42.3. The molecule has 0 radical (unpaired) electrons. The van der Waals surface area contributed by atoms with Crippen molar-refractivity contribution in [3.63, 3.8) is 0 Å². The molecule has 8 nitrogen and oxygen atoms in total. The van der Waals surface area contributed by atoms with Gasteiger partial charge in [-0.1, -0.05) is 47.6 Å². The first-order valence-corrected chi connectivity index (χ1v) is 8.58. The summed E-state index contributed by atoms with van der Waals surface area (Å²) in [6, 6.07) is 14.6. The Morgan fingerprint density at radius 3 is 2.29 bits per heavy atom. The van der Waals surface area contributed by atoms with Gasteiger partial charge >= 0.3 is 5.97 Å². The minimum absolute atomic E-state index is 0.113. The van der Waals surface area contributed by atoms with Crippen LogP contribution < -0.4 is 0 Å². The van der Waals surface area contributed by atoms with Gasteiger partial charge in [0, 0.05) is 5.56 Å². The molecule has 2 amide bonds. The maximum absolute atomic E-state index is 12.4. The molecule has 1 aliphatic heterocycles. The van der Waals surface area contributed by atoms with Gasteiger partial charge in [-0.2, -0.15) is 4.98 Å². The van der Waals surface area contributed by atoms with E-state index in [1.54, 1.807) is 24.3 Å². The lowest BCUT2D eigenvalue weighted by atomic mass is 10.1. The molecular weight excluding hydrogens is 362 g/mol. The molecule has 0 bridgehead atoms. The SMILES string of the molecule is C[C@@H](C(=O)OCc1nc(-c2ccccc2)no1)N1C(=O)c2ccccc2C1=O. The fourth-order valence-corrected chi connectivity index (χ4v) is 2.94. The molecule has 2 heterocycles. The Bertz CT molecular complexity index is 1030.